The van der Waals surface area contributed by atoms with Crippen molar-refractivity contribution in [3.05, 3.63) is 295 Å². The van der Waals surface area contributed by atoms with Crippen LogP contribution >= 0.6 is 0 Å². The predicted molar refractivity (Wildman–Crippen MR) is 304 cm³/mol. The fourth-order valence-corrected chi connectivity index (χ4v) is 12.7. The molecule has 1 heteroatoms. The van der Waals surface area contributed by atoms with Crippen molar-refractivity contribution in [2.75, 3.05) is 4.90 Å². The molecule has 334 valence electrons. The topological polar surface area (TPSA) is 3.24 Å². The first kappa shape index (κ1) is 40.6. The molecule has 0 saturated heterocycles. The second kappa shape index (κ2) is 15.9. The lowest BCUT2D eigenvalue weighted by Gasteiger charge is -2.33. The van der Waals surface area contributed by atoms with Crippen LogP contribution in [0, 0.1) is 0 Å². The Morgan fingerprint density at radius 3 is 1.36 bits per heavy atom. The second-order valence-electron chi connectivity index (χ2n) is 19.5. The molecule has 1 nitrogen and oxygen atoms in total. The van der Waals surface area contributed by atoms with Crippen LogP contribution in [0.5, 0.6) is 0 Å². The average molecular weight is 912 g/mol. The Hall–Kier alpha value is -9.30. The van der Waals surface area contributed by atoms with Gasteiger partial charge in [0.15, 0.2) is 0 Å². The van der Waals surface area contributed by atoms with Crippen molar-refractivity contribution in [1.82, 2.24) is 0 Å². The van der Waals surface area contributed by atoms with E-state index in [1.54, 1.807) is 0 Å². The quantitative estimate of drug-likeness (QED) is 0.150. The molecule has 0 atom stereocenters. The van der Waals surface area contributed by atoms with Crippen LogP contribution in [0.1, 0.15) is 22.3 Å². The standard InChI is InChI=1S/C71H45N/c1-2-17-46(18-3-1)50-21-16-22-52(42-50)63-44-65-62-29-12-15-32-68(62)71(66-30-13-10-27-60(66)61-28-11-14-31-67(61)71)69(65)45-70(63)72(53-37-35-48(36-38-53)51-34-33-47-19-4-5-20-49(47)41-51)54-39-40-59-57-25-7-6-23-55(57)56-24-8-9-26-58(56)64(59)43-54/h1-45H. The molecule has 0 N–H and O–H groups in total. The minimum absolute atomic E-state index is 0.525. The van der Waals surface area contributed by atoms with Gasteiger partial charge in [0.25, 0.3) is 0 Å². The number of benzene rings is 13. The van der Waals surface area contributed by atoms with E-state index >= 15 is 0 Å². The number of hydrogen-bond donors (Lipinski definition) is 0. The van der Waals surface area contributed by atoms with E-state index in [-0.39, 0.29) is 0 Å². The number of nitrogens with zero attached hydrogens (tertiary/aromatic N) is 1. The first-order valence-corrected chi connectivity index (χ1v) is 25.1. The van der Waals surface area contributed by atoms with E-state index in [0.29, 0.717) is 0 Å². The summed E-state index contributed by atoms with van der Waals surface area (Å²) >= 11 is 0. The zero-order valence-corrected chi connectivity index (χ0v) is 39.4. The maximum atomic E-state index is 2.57. The normalized spacial score (nSPS) is 12.8. The van der Waals surface area contributed by atoms with Crippen LogP contribution in [0.15, 0.2) is 273 Å². The van der Waals surface area contributed by atoms with E-state index < -0.39 is 5.41 Å². The lowest BCUT2D eigenvalue weighted by molar-refractivity contribution is 0.794. The molecule has 2 aliphatic rings. The third-order valence-electron chi connectivity index (χ3n) is 15.8. The van der Waals surface area contributed by atoms with Gasteiger partial charge < -0.3 is 4.90 Å². The van der Waals surface area contributed by atoms with Gasteiger partial charge in [-0.2, -0.15) is 0 Å². The molecule has 2 aliphatic carbocycles. The summed E-state index contributed by atoms with van der Waals surface area (Å²) in [5, 5.41) is 10.0. The zero-order chi connectivity index (χ0) is 47.3. The molecule has 1 spiro atoms. The third kappa shape index (κ3) is 5.95. The monoisotopic (exact) mass is 911 g/mol. The van der Waals surface area contributed by atoms with E-state index in [9.17, 15) is 0 Å². The predicted octanol–water partition coefficient (Wildman–Crippen LogP) is 19.1. The summed E-state index contributed by atoms with van der Waals surface area (Å²) in [4.78, 5) is 2.54. The summed E-state index contributed by atoms with van der Waals surface area (Å²) in [6, 6.07) is 102. The second-order valence-corrected chi connectivity index (χ2v) is 19.5. The van der Waals surface area contributed by atoms with Gasteiger partial charge in [0, 0.05) is 16.9 Å². The summed E-state index contributed by atoms with van der Waals surface area (Å²) in [5.74, 6) is 0. The Morgan fingerprint density at radius 2 is 0.694 bits per heavy atom. The van der Waals surface area contributed by atoms with E-state index in [4.69, 9.17) is 0 Å². The number of fused-ring (bicyclic) bond motifs is 17. The molecule has 72 heavy (non-hydrogen) atoms. The van der Waals surface area contributed by atoms with Gasteiger partial charge in [-0.1, -0.05) is 224 Å². The molecule has 0 heterocycles. The summed E-state index contributed by atoms with van der Waals surface area (Å²) in [6.07, 6.45) is 0. The summed E-state index contributed by atoms with van der Waals surface area (Å²) in [5.41, 5.74) is 20.3. The molecule has 0 saturated carbocycles. The highest BCUT2D eigenvalue weighted by molar-refractivity contribution is 6.26. The molecule has 0 aromatic heterocycles. The van der Waals surface area contributed by atoms with Gasteiger partial charge >= 0.3 is 0 Å². The van der Waals surface area contributed by atoms with Crippen molar-refractivity contribution in [3.63, 3.8) is 0 Å². The number of hydrogen-bond acceptors (Lipinski definition) is 1. The molecule has 0 fully saturated rings. The Bertz CT molecular complexity index is 4250. The summed E-state index contributed by atoms with van der Waals surface area (Å²) in [6.45, 7) is 0. The van der Waals surface area contributed by atoms with E-state index in [0.717, 1.165) is 22.6 Å². The van der Waals surface area contributed by atoms with E-state index in [1.807, 2.05) is 0 Å². The fraction of sp³-hybridized carbons (Fsp3) is 0.0141. The first-order valence-electron chi connectivity index (χ1n) is 25.1. The van der Waals surface area contributed by atoms with Gasteiger partial charge in [0.2, 0.25) is 0 Å². The van der Waals surface area contributed by atoms with E-state index in [1.165, 1.54) is 115 Å². The third-order valence-corrected chi connectivity index (χ3v) is 15.8. The maximum Gasteiger partial charge on any atom is 0.0726 e. The minimum atomic E-state index is -0.525. The van der Waals surface area contributed by atoms with Gasteiger partial charge in [0.05, 0.1) is 11.1 Å². The van der Waals surface area contributed by atoms with Gasteiger partial charge in [-0.25, -0.2) is 0 Å². The Morgan fingerprint density at radius 1 is 0.222 bits per heavy atom. The van der Waals surface area contributed by atoms with Crippen molar-refractivity contribution in [1.29, 1.82) is 0 Å². The van der Waals surface area contributed by atoms with Crippen molar-refractivity contribution >= 4 is 60.2 Å². The van der Waals surface area contributed by atoms with Gasteiger partial charge in [-0.05, 0) is 164 Å². The summed E-state index contributed by atoms with van der Waals surface area (Å²) < 4.78 is 0. The largest absolute Gasteiger partial charge is 0.310 e. The highest BCUT2D eigenvalue weighted by Gasteiger charge is 2.52. The molecule has 13 aromatic rings. The minimum Gasteiger partial charge on any atom is -0.310 e. The molecule has 13 aromatic carbocycles. The molecule has 15 rings (SSSR count). The van der Waals surface area contributed by atoms with Gasteiger partial charge in [-0.3, -0.25) is 0 Å². The molecule has 0 aliphatic heterocycles. The molecule has 0 radical (unpaired) electrons. The lowest BCUT2D eigenvalue weighted by Crippen LogP contribution is -2.26. The Balaban J connectivity index is 1.05. The van der Waals surface area contributed by atoms with Crippen LogP contribution in [-0.2, 0) is 5.41 Å². The molecule has 0 bridgehead atoms. The van der Waals surface area contributed by atoms with Crippen LogP contribution in [-0.4, -0.2) is 0 Å². The van der Waals surface area contributed by atoms with Crippen LogP contribution < -0.4 is 4.90 Å². The Kier molecular flexibility index (Phi) is 8.94. The van der Waals surface area contributed by atoms with E-state index in [2.05, 4.69) is 278 Å². The first-order chi connectivity index (χ1) is 35.7. The average Bonchev–Trinajstić information content (AvgIpc) is 3.92. The molecular weight excluding hydrogens is 867 g/mol. The van der Waals surface area contributed by atoms with Crippen LogP contribution in [0.4, 0.5) is 17.1 Å². The number of rotatable bonds is 6. The fourth-order valence-electron chi connectivity index (χ4n) is 12.7. The van der Waals surface area contributed by atoms with Crippen LogP contribution in [0.2, 0.25) is 0 Å². The molecule has 0 unspecified atom stereocenters. The molecule has 0 amide bonds. The van der Waals surface area contributed by atoms with Crippen molar-refractivity contribution < 1.29 is 0 Å². The SMILES string of the molecule is c1ccc(-c2cccc(-c3cc4c(cc3N(c3ccc(-c5ccc6ccccc6c5)cc3)c3ccc5c6ccccc6c6ccccc6c5c3)C3(c5ccccc5-c5ccccc53)c3ccccc3-4)c2)cc1. The Labute approximate surface area is 419 Å². The van der Waals surface area contributed by atoms with Crippen molar-refractivity contribution in [3.8, 4) is 55.6 Å². The highest BCUT2D eigenvalue weighted by atomic mass is 15.1. The van der Waals surface area contributed by atoms with Crippen molar-refractivity contribution in [2.45, 2.75) is 5.41 Å². The van der Waals surface area contributed by atoms with Crippen molar-refractivity contribution in [2.24, 2.45) is 0 Å². The van der Waals surface area contributed by atoms with Gasteiger partial charge in [0.1, 0.15) is 0 Å². The zero-order valence-electron chi connectivity index (χ0n) is 39.4. The van der Waals surface area contributed by atoms with Crippen LogP contribution in [0.3, 0.4) is 0 Å². The smallest absolute Gasteiger partial charge is 0.0726 e. The van der Waals surface area contributed by atoms with Gasteiger partial charge in [-0.15, -0.1) is 0 Å². The maximum absolute atomic E-state index is 2.57. The molecular formula is C71H45N. The summed E-state index contributed by atoms with van der Waals surface area (Å²) in [7, 11) is 0. The van der Waals surface area contributed by atoms with Crippen LogP contribution in [0.25, 0.3) is 98.7 Å². The lowest BCUT2D eigenvalue weighted by atomic mass is 9.70. The highest BCUT2D eigenvalue weighted by Crippen LogP contribution is 2.64. The number of anilines is 3.